The summed E-state index contributed by atoms with van der Waals surface area (Å²) in [6.45, 7) is 1.52. The molecule has 11 heteroatoms. The highest BCUT2D eigenvalue weighted by Crippen LogP contribution is 2.37. The van der Waals surface area contributed by atoms with E-state index in [4.69, 9.17) is 11.6 Å². The molecule has 2 heterocycles. The van der Waals surface area contributed by atoms with Crippen molar-refractivity contribution in [3.8, 4) is 0 Å². The van der Waals surface area contributed by atoms with Gasteiger partial charge in [-0.1, -0.05) is 23.4 Å². The highest BCUT2D eigenvalue weighted by atomic mass is 35.5. The Hall–Kier alpha value is -2.04. The monoisotopic (exact) mass is 447 g/mol. The number of nitrogens with zero attached hydrogens (tertiary/aromatic N) is 2. The second-order valence-corrected chi connectivity index (χ2v) is 8.49. The number of nitrogens with one attached hydrogen (secondary N) is 1. The van der Waals surface area contributed by atoms with Gasteiger partial charge in [0.15, 0.2) is 5.16 Å². The largest absolute Gasteiger partial charge is 0.418 e. The van der Waals surface area contributed by atoms with Gasteiger partial charge in [-0.2, -0.15) is 13.2 Å². The number of thioether (sulfide) groups is 1. The number of fused-ring (bicyclic) bond motifs is 1. The number of alkyl halides is 3. The van der Waals surface area contributed by atoms with Crippen molar-refractivity contribution in [3.63, 3.8) is 0 Å². The quantitative estimate of drug-likeness (QED) is 0.461. The van der Waals surface area contributed by atoms with E-state index in [9.17, 15) is 22.8 Å². The smallest absolute Gasteiger partial charge is 0.325 e. The lowest BCUT2D eigenvalue weighted by Crippen LogP contribution is -2.26. The number of rotatable bonds is 4. The Bertz CT molecular complexity index is 1110. The van der Waals surface area contributed by atoms with Gasteiger partial charge in [-0.15, -0.1) is 11.3 Å². The number of carbonyl (C=O) groups excluding carboxylic acids is 1. The molecule has 0 bridgehead atoms. The summed E-state index contributed by atoms with van der Waals surface area (Å²) in [6.07, 6.45) is -4.67. The Morgan fingerprint density at radius 2 is 2.07 bits per heavy atom. The number of hydrogen-bond donors (Lipinski definition) is 1. The van der Waals surface area contributed by atoms with E-state index in [1.54, 1.807) is 11.4 Å². The maximum Gasteiger partial charge on any atom is 0.418 e. The molecule has 3 aromatic rings. The highest BCUT2D eigenvalue weighted by molar-refractivity contribution is 8.00. The lowest BCUT2D eigenvalue weighted by atomic mass is 10.1. The van der Waals surface area contributed by atoms with Gasteiger partial charge in [-0.05, 0) is 36.6 Å². The molecular formula is C17H13ClF3N3O2S2. The summed E-state index contributed by atoms with van der Waals surface area (Å²) < 4.78 is 41.4. The third kappa shape index (κ3) is 4.18. The fourth-order valence-electron chi connectivity index (χ4n) is 2.38. The van der Waals surface area contributed by atoms with Gasteiger partial charge < -0.3 is 5.32 Å². The van der Waals surface area contributed by atoms with Crippen LogP contribution in [0.3, 0.4) is 0 Å². The van der Waals surface area contributed by atoms with E-state index < -0.39 is 22.9 Å². The molecule has 2 aromatic heterocycles. The van der Waals surface area contributed by atoms with Crippen molar-refractivity contribution in [2.75, 3.05) is 5.32 Å². The fourth-order valence-corrected chi connectivity index (χ4v) is 4.23. The second kappa shape index (κ2) is 7.76. The number of hydrogen-bond acceptors (Lipinski definition) is 5. The zero-order chi connectivity index (χ0) is 20.6. The molecule has 28 heavy (non-hydrogen) atoms. The van der Waals surface area contributed by atoms with Gasteiger partial charge >= 0.3 is 6.18 Å². The van der Waals surface area contributed by atoms with Crippen molar-refractivity contribution in [2.24, 2.45) is 7.05 Å². The van der Waals surface area contributed by atoms with E-state index in [1.165, 1.54) is 35.9 Å². The second-order valence-electron chi connectivity index (χ2n) is 5.83. The summed E-state index contributed by atoms with van der Waals surface area (Å²) >= 11 is 7.89. The van der Waals surface area contributed by atoms with Crippen LogP contribution in [-0.4, -0.2) is 20.7 Å². The Morgan fingerprint density at radius 3 is 2.75 bits per heavy atom. The topological polar surface area (TPSA) is 64.0 Å². The number of thiophene rings is 1. The Labute approximate surface area is 170 Å². The van der Waals surface area contributed by atoms with E-state index >= 15 is 0 Å². The highest BCUT2D eigenvalue weighted by Gasteiger charge is 2.34. The minimum atomic E-state index is -4.67. The minimum Gasteiger partial charge on any atom is -0.325 e. The van der Waals surface area contributed by atoms with Gasteiger partial charge in [0, 0.05) is 12.1 Å². The summed E-state index contributed by atoms with van der Waals surface area (Å²) in [5.74, 6) is -0.655. The molecule has 0 aliphatic rings. The van der Waals surface area contributed by atoms with Crippen LogP contribution in [0, 0.1) is 0 Å². The molecule has 1 N–H and O–H groups in total. The molecule has 0 aliphatic carbocycles. The van der Waals surface area contributed by atoms with E-state index in [2.05, 4.69) is 10.3 Å². The molecule has 0 aliphatic heterocycles. The number of carbonyl (C=O) groups is 1. The van der Waals surface area contributed by atoms with E-state index in [0.717, 1.165) is 23.9 Å². The Balaban J connectivity index is 1.83. The average molecular weight is 448 g/mol. The van der Waals surface area contributed by atoms with E-state index in [-0.39, 0.29) is 16.3 Å². The van der Waals surface area contributed by atoms with Crippen LogP contribution in [-0.2, 0) is 18.0 Å². The van der Waals surface area contributed by atoms with Crippen LogP contribution in [0.5, 0.6) is 0 Å². The zero-order valence-corrected chi connectivity index (χ0v) is 16.9. The van der Waals surface area contributed by atoms with Crippen LogP contribution in [0.2, 0.25) is 5.02 Å². The van der Waals surface area contributed by atoms with E-state index in [0.29, 0.717) is 15.4 Å². The van der Waals surface area contributed by atoms with Crippen LogP contribution >= 0.6 is 34.7 Å². The van der Waals surface area contributed by atoms with E-state index in [1.807, 2.05) is 0 Å². The number of aromatic nitrogens is 2. The summed E-state index contributed by atoms with van der Waals surface area (Å²) in [5, 5.41) is 3.43. The lowest BCUT2D eigenvalue weighted by Gasteiger charge is -2.17. The molecule has 0 spiro atoms. The number of anilines is 1. The van der Waals surface area contributed by atoms with Crippen molar-refractivity contribution in [1.29, 1.82) is 0 Å². The molecular weight excluding hydrogens is 435 g/mol. The molecule has 1 amide bonds. The predicted molar refractivity (Wildman–Crippen MR) is 105 cm³/mol. The van der Waals surface area contributed by atoms with Gasteiger partial charge in [0.2, 0.25) is 5.91 Å². The number of halogens is 4. The maximum absolute atomic E-state index is 13.2. The predicted octanol–water partition coefficient (Wildman–Crippen LogP) is 4.79. The first-order chi connectivity index (χ1) is 13.1. The maximum atomic E-state index is 13.2. The SMILES string of the molecule is CC(Sc1nc2ccsc2c(=O)n1C)C(=O)Nc1ccc(Cl)cc1C(F)(F)F. The standard InChI is InChI=1S/C17H13ClF3N3O2S2/c1-8(28-16-23-12-5-6-27-13(12)15(26)24(16)2)14(25)22-11-4-3-9(18)7-10(11)17(19,20)21/h3-8H,1-2H3,(H,22,25). The van der Waals surface area contributed by atoms with Gasteiger partial charge in [0.05, 0.1) is 22.0 Å². The number of amides is 1. The molecule has 148 valence electrons. The van der Waals surface area contributed by atoms with Gasteiger partial charge in [0.1, 0.15) is 4.70 Å². The molecule has 0 radical (unpaired) electrons. The van der Waals surface area contributed by atoms with Crippen LogP contribution in [0.1, 0.15) is 12.5 Å². The fraction of sp³-hybridized carbons (Fsp3) is 0.235. The third-order valence-electron chi connectivity index (χ3n) is 3.84. The van der Waals surface area contributed by atoms with Gasteiger partial charge in [0.25, 0.3) is 5.56 Å². The lowest BCUT2D eigenvalue weighted by molar-refractivity contribution is -0.137. The summed E-state index contributed by atoms with van der Waals surface area (Å²) in [5.41, 5.74) is -1.15. The Kier molecular flexibility index (Phi) is 5.74. The molecule has 5 nitrogen and oxygen atoms in total. The zero-order valence-electron chi connectivity index (χ0n) is 14.5. The van der Waals surface area contributed by atoms with Crippen LogP contribution in [0.15, 0.2) is 39.6 Å². The summed E-state index contributed by atoms with van der Waals surface area (Å²) in [4.78, 5) is 29.1. The molecule has 0 saturated heterocycles. The molecule has 1 aromatic carbocycles. The Morgan fingerprint density at radius 1 is 1.36 bits per heavy atom. The molecule has 1 unspecified atom stereocenters. The van der Waals surface area contributed by atoms with Crippen LogP contribution in [0.4, 0.5) is 18.9 Å². The molecule has 1 atom stereocenters. The molecule has 0 saturated carbocycles. The van der Waals surface area contributed by atoms with Crippen molar-refractivity contribution in [1.82, 2.24) is 9.55 Å². The van der Waals surface area contributed by atoms with Crippen molar-refractivity contribution in [3.05, 3.63) is 50.6 Å². The average Bonchev–Trinajstić information content (AvgIpc) is 3.08. The van der Waals surface area contributed by atoms with Crippen LogP contribution in [0.25, 0.3) is 10.2 Å². The third-order valence-corrected chi connectivity index (χ3v) is 6.11. The molecule has 0 fully saturated rings. The van der Waals surface area contributed by atoms with Crippen molar-refractivity contribution < 1.29 is 18.0 Å². The summed E-state index contributed by atoms with van der Waals surface area (Å²) in [7, 11) is 1.53. The van der Waals surface area contributed by atoms with Gasteiger partial charge in [-0.3, -0.25) is 14.2 Å². The number of benzene rings is 1. The van der Waals surface area contributed by atoms with Gasteiger partial charge in [-0.25, -0.2) is 4.98 Å². The first-order valence-electron chi connectivity index (χ1n) is 7.86. The summed E-state index contributed by atoms with van der Waals surface area (Å²) in [6, 6.07) is 4.82. The minimum absolute atomic E-state index is 0.0870. The van der Waals surface area contributed by atoms with Crippen LogP contribution < -0.4 is 10.9 Å². The molecule has 3 rings (SSSR count). The first-order valence-corrected chi connectivity index (χ1v) is 10.00. The van der Waals surface area contributed by atoms with Crippen molar-refractivity contribution >= 4 is 56.5 Å². The normalized spacial score (nSPS) is 12.9. The van der Waals surface area contributed by atoms with Crippen molar-refractivity contribution in [2.45, 2.75) is 23.5 Å². The first kappa shape index (κ1) is 20.7.